The number of hydrogen-bond acceptors (Lipinski definition) is 4. The SMILES string of the molecule is [2H]C1([2H])c2cc(C)cc(C)c2C[C@]2(C)OC(c3cc(Oc4cc5c(cc4C)c4cc(C(C)(C)C)cc6c4n5-c4ncccc4C6(C)C)cc(C(C)C)c3)=N[C@@H]12. The van der Waals surface area contributed by atoms with Crippen LogP contribution in [0.15, 0.2) is 77.9 Å². The van der Waals surface area contributed by atoms with E-state index in [9.17, 15) is 2.74 Å². The monoisotopic (exact) mass is 703 g/mol. The fourth-order valence-corrected chi connectivity index (χ4v) is 8.86. The number of nitrogens with zero attached hydrogens (tertiary/aromatic N) is 3. The molecule has 0 radical (unpaired) electrons. The van der Waals surface area contributed by atoms with E-state index in [1.165, 1.54) is 33.0 Å². The number of pyridine rings is 1. The van der Waals surface area contributed by atoms with Gasteiger partial charge in [0.2, 0.25) is 5.90 Å². The molecule has 270 valence electrons. The third kappa shape index (κ3) is 5.17. The van der Waals surface area contributed by atoms with Crippen LogP contribution in [0.1, 0.15) is 120 Å². The number of aliphatic imine (C=N–C) groups is 1. The molecule has 5 heteroatoms. The Balaban J connectivity index is 1.17. The highest BCUT2D eigenvalue weighted by atomic mass is 16.5. The van der Waals surface area contributed by atoms with Crippen molar-refractivity contribution in [2.24, 2.45) is 4.99 Å². The summed E-state index contributed by atoms with van der Waals surface area (Å²) in [5, 5.41) is 2.42. The Hall–Kier alpha value is -4.90. The topological polar surface area (TPSA) is 48.6 Å². The zero-order valence-electron chi connectivity index (χ0n) is 34.9. The molecular weight excluding hydrogens is 651 g/mol. The summed E-state index contributed by atoms with van der Waals surface area (Å²) < 4.78 is 34.7. The number of aryl methyl sites for hydroxylation is 3. The van der Waals surface area contributed by atoms with Crippen LogP contribution >= 0.6 is 0 Å². The predicted molar refractivity (Wildman–Crippen MR) is 218 cm³/mol. The maximum Gasteiger partial charge on any atom is 0.217 e. The number of aromatic nitrogens is 2. The molecule has 0 saturated carbocycles. The minimum Gasteiger partial charge on any atom is -0.468 e. The molecule has 1 aliphatic carbocycles. The number of ether oxygens (including phenoxy) is 2. The molecule has 2 atom stereocenters. The maximum absolute atomic E-state index is 9.35. The van der Waals surface area contributed by atoms with E-state index in [0.29, 0.717) is 18.1 Å². The lowest BCUT2D eigenvalue weighted by Gasteiger charge is -2.36. The Kier molecular flexibility index (Phi) is 6.74. The summed E-state index contributed by atoms with van der Waals surface area (Å²) in [6.07, 6.45) is 0.808. The van der Waals surface area contributed by atoms with E-state index in [1.54, 1.807) is 0 Å². The highest BCUT2D eigenvalue weighted by Crippen LogP contribution is 2.49. The molecule has 2 aromatic heterocycles. The van der Waals surface area contributed by atoms with Crippen molar-refractivity contribution in [2.45, 2.75) is 117 Å². The lowest BCUT2D eigenvalue weighted by Crippen LogP contribution is -2.44. The van der Waals surface area contributed by atoms with E-state index in [0.717, 1.165) is 56.0 Å². The van der Waals surface area contributed by atoms with Gasteiger partial charge in [-0.1, -0.05) is 78.3 Å². The van der Waals surface area contributed by atoms with Gasteiger partial charge in [0, 0.05) is 48.7 Å². The fourth-order valence-electron chi connectivity index (χ4n) is 8.86. The zero-order chi connectivity index (χ0) is 39.1. The van der Waals surface area contributed by atoms with Crippen LogP contribution in [-0.4, -0.2) is 27.1 Å². The standard InChI is InChI=1S/C48H51N3O2/c1-26(2)30-18-32(45-50-42-21-31-16-27(3)15-28(4)37(31)25-48(42,11)53-45)20-34(19-30)52-41-24-40-35(17-29(41)5)36-22-33(46(6,7)8)23-39-43(36)51(40)44-38(47(39,9)10)13-12-14-49-44/h12-20,22-24,26,42H,21,25H2,1-11H3/t42-,48-/m0/s1/i21D2. The van der Waals surface area contributed by atoms with Crippen LogP contribution in [-0.2, 0) is 28.4 Å². The van der Waals surface area contributed by atoms with Gasteiger partial charge in [-0.3, -0.25) is 4.57 Å². The zero-order valence-corrected chi connectivity index (χ0v) is 32.9. The van der Waals surface area contributed by atoms with Crippen LogP contribution in [0, 0.1) is 20.8 Å². The van der Waals surface area contributed by atoms with Crippen molar-refractivity contribution in [3.05, 3.63) is 129 Å². The first-order valence-electron chi connectivity index (χ1n) is 20.1. The molecule has 5 nitrogen and oxygen atoms in total. The minimum atomic E-state index is -1.68. The number of rotatable bonds is 4. The van der Waals surface area contributed by atoms with Crippen molar-refractivity contribution >= 4 is 27.7 Å². The molecule has 3 aliphatic rings. The third-order valence-electron chi connectivity index (χ3n) is 12.0. The number of fused-ring (bicyclic) bond motifs is 7. The summed E-state index contributed by atoms with van der Waals surface area (Å²) in [6.45, 7) is 24.1. The van der Waals surface area contributed by atoms with Gasteiger partial charge in [-0.25, -0.2) is 9.98 Å². The van der Waals surface area contributed by atoms with Crippen LogP contribution in [0.25, 0.3) is 27.6 Å². The lowest BCUT2D eigenvalue weighted by atomic mass is 9.73. The van der Waals surface area contributed by atoms with E-state index in [1.807, 2.05) is 38.2 Å². The Bertz CT molecular complexity index is 2660. The van der Waals surface area contributed by atoms with Crippen LogP contribution in [0.3, 0.4) is 0 Å². The van der Waals surface area contributed by atoms with E-state index in [-0.39, 0.29) is 16.7 Å². The van der Waals surface area contributed by atoms with Gasteiger partial charge in [-0.15, -0.1) is 0 Å². The average Bonchev–Trinajstić information content (AvgIpc) is 3.63. The van der Waals surface area contributed by atoms with Crippen LogP contribution in [0.5, 0.6) is 11.5 Å². The molecule has 0 bridgehead atoms. The Morgan fingerprint density at radius 2 is 1.72 bits per heavy atom. The quantitative estimate of drug-likeness (QED) is 0.184. The largest absolute Gasteiger partial charge is 0.468 e. The van der Waals surface area contributed by atoms with Crippen LogP contribution in [0.4, 0.5) is 0 Å². The molecule has 0 spiro atoms. The van der Waals surface area contributed by atoms with Crippen molar-refractivity contribution in [1.29, 1.82) is 0 Å². The molecule has 9 rings (SSSR count). The van der Waals surface area contributed by atoms with Crippen molar-refractivity contribution in [2.75, 3.05) is 0 Å². The van der Waals surface area contributed by atoms with Gasteiger partial charge in [-0.05, 0) is 121 Å². The van der Waals surface area contributed by atoms with Crippen molar-refractivity contribution in [3.8, 4) is 17.3 Å². The van der Waals surface area contributed by atoms with Crippen molar-refractivity contribution < 1.29 is 12.2 Å². The molecule has 0 unspecified atom stereocenters. The van der Waals surface area contributed by atoms with Gasteiger partial charge in [0.05, 0.1) is 17.1 Å². The first kappa shape index (κ1) is 31.6. The second-order valence-corrected chi connectivity index (χ2v) is 17.9. The Labute approximate surface area is 316 Å². The van der Waals surface area contributed by atoms with Gasteiger partial charge in [0.1, 0.15) is 22.9 Å². The summed E-state index contributed by atoms with van der Waals surface area (Å²) in [6, 6.07) is 23.2. The summed E-state index contributed by atoms with van der Waals surface area (Å²) in [5.41, 5.74) is 11.9. The highest BCUT2D eigenvalue weighted by molar-refractivity contribution is 6.12. The van der Waals surface area contributed by atoms with Crippen LogP contribution < -0.4 is 4.74 Å². The summed E-state index contributed by atoms with van der Waals surface area (Å²) >= 11 is 0. The second kappa shape index (κ2) is 11.3. The normalized spacial score (nSPS) is 21.4. The van der Waals surface area contributed by atoms with Gasteiger partial charge >= 0.3 is 0 Å². The van der Waals surface area contributed by atoms with Gasteiger partial charge < -0.3 is 9.47 Å². The van der Waals surface area contributed by atoms with Gasteiger partial charge in [0.15, 0.2) is 0 Å². The van der Waals surface area contributed by atoms with Gasteiger partial charge in [-0.2, -0.15) is 0 Å². The number of hydrogen-bond donors (Lipinski definition) is 0. The Morgan fingerprint density at radius 1 is 0.925 bits per heavy atom. The average molecular weight is 704 g/mol. The first-order chi connectivity index (χ1) is 25.8. The second-order valence-electron chi connectivity index (χ2n) is 17.9. The molecule has 53 heavy (non-hydrogen) atoms. The fraction of sp³-hybridized carbons (Fsp3) is 0.375. The molecule has 0 fully saturated rings. The molecule has 0 amide bonds. The van der Waals surface area contributed by atoms with Crippen LogP contribution in [0.2, 0.25) is 0 Å². The summed E-state index contributed by atoms with van der Waals surface area (Å²) in [4.78, 5) is 10.0. The summed E-state index contributed by atoms with van der Waals surface area (Å²) in [5.74, 6) is 3.10. The van der Waals surface area contributed by atoms with E-state index in [2.05, 4.69) is 115 Å². The van der Waals surface area contributed by atoms with E-state index >= 15 is 0 Å². The molecular formula is C48H51N3O2. The molecule has 6 aromatic rings. The minimum absolute atomic E-state index is 0.0189. The number of benzene rings is 4. The molecule has 4 aromatic carbocycles. The molecule has 0 saturated heterocycles. The van der Waals surface area contributed by atoms with Crippen molar-refractivity contribution in [3.63, 3.8) is 0 Å². The van der Waals surface area contributed by atoms with E-state index < -0.39 is 18.0 Å². The smallest absolute Gasteiger partial charge is 0.217 e. The highest BCUT2D eigenvalue weighted by Gasteiger charge is 2.47. The molecule has 2 aliphatic heterocycles. The maximum atomic E-state index is 9.35. The predicted octanol–water partition coefficient (Wildman–Crippen LogP) is 11.7. The van der Waals surface area contributed by atoms with Gasteiger partial charge in [0.25, 0.3) is 0 Å². The van der Waals surface area contributed by atoms with Crippen molar-refractivity contribution in [1.82, 2.24) is 9.55 Å². The van der Waals surface area contributed by atoms with E-state index in [4.69, 9.17) is 19.5 Å². The first-order valence-corrected chi connectivity index (χ1v) is 19.1. The third-order valence-corrected chi connectivity index (χ3v) is 12.0. The summed E-state index contributed by atoms with van der Waals surface area (Å²) in [7, 11) is 0. The lowest BCUT2D eigenvalue weighted by molar-refractivity contribution is 0.0701. The Morgan fingerprint density at radius 3 is 2.47 bits per heavy atom. The molecule has 0 N–H and O–H groups in total. The molecule has 4 heterocycles.